The molecule has 0 unspecified atom stereocenters. The minimum absolute atomic E-state index is 0.122. The third-order valence-corrected chi connectivity index (χ3v) is 3.65. The summed E-state index contributed by atoms with van der Waals surface area (Å²) < 4.78 is 2.27. The standard InChI is InChI=1S/C18H23N.3C2H6/c1-6-8-9-16-14(7-2)15-10-12-18(3,4)13-11-17(15)19(16)5;3*1-2/h6-13H,1-5H3;3*1-2H3/b8-6-,14-7-,16-9+;;;. The quantitative estimate of drug-likeness (QED) is 0.561. The summed E-state index contributed by atoms with van der Waals surface area (Å²) in [7, 11) is 2.14. The molecule has 0 saturated carbocycles. The van der Waals surface area contributed by atoms with E-state index in [0.717, 1.165) is 0 Å². The minimum Gasteiger partial charge on any atom is -0.344 e. The molecule has 1 nitrogen and oxygen atoms in total. The van der Waals surface area contributed by atoms with E-state index in [1.165, 1.54) is 21.8 Å². The van der Waals surface area contributed by atoms with E-state index < -0.39 is 0 Å². The lowest BCUT2D eigenvalue weighted by Gasteiger charge is -2.12. The van der Waals surface area contributed by atoms with Crippen LogP contribution in [0.4, 0.5) is 0 Å². The van der Waals surface area contributed by atoms with Crippen LogP contribution >= 0.6 is 0 Å². The molecule has 0 amide bonds. The van der Waals surface area contributed by atoms with E-state index in [2.05, 4.69) is 81.0 Å². The Labute approximate surface area is 157 Å². The van der Waals surface area contributed by atoms with Crippen LogP contribution in [0.15, 0.2) is 24.3 Å². The van der Waals surface area contributed by atoms with E-state index in [1.807, 2.05) is 48.5 Å². The summed E-state index contributed by atoms with van der Waals surface area (Å²) >= 11 is 0. The van der Waals surface area contributed by atoms with Crippen molar-refractivity contribution in [3.8, 4) is 0 Å². The molecule has 0 bridgehead atoms. The summed E-state index contributed by atoms with van der Waals surface area (Å²) in [6.07, 6.45) is 17.6. The highest BCUT2D eigenvalue weighted by atomic mass is 14.9. The Bertz CT molecular complexity index is 677. The molecule has 0 aromatic carbocycles. The van der Waals surface area contributed by atoms with Gasteiger partial charge in [-0.2, -0.15) is 0 Å². The average molecular weight is 344 g/mol. The van der Waals surface area contributed by atoms with Gasteiger partial charge in [-0.15, -0.1) is 0 Å². The first-order chi connectivity index (χ1) is 12.0. The zero-order valence-electron chi connectivity index (χ0n) is 18.6. The highest BCUT2D eigenvalue weighted by molar-refractivity contribution is 5.69. The highest BCUT2D eigenvalue weighted by Gasteiger charge is 2.15. The largest absolute Gasteiger partial charge is 0.344 e. The summed E-state index contributed by atoms with van der Waals surface area (Å²) in [6, 6.07) is 0. The van der Waals surface area contributed by atoms with Crippen LogP contribution in [0.1, 0.15) is 80.5 Å². The molecule has 0 fully saturated rings. The molecule has 1 aromatic heterocycles. The van der Waals surface area contributed by atoms with E-state index >= 15 is 0 Å². The maximum absolute atomic E-state index is 2.28. The SMILES string of the molecule is CC.CC.CC.C\C=C/C=c1\c(=C/C)c2c(n1C)C=CC(C)(C)C=C2. The second-order valence-corrected chi connectivity index (χ2v) is 5.63. The van der Waals surface area contributed by atoms with Crippen molar-refractivity contribution in [3.63, 3.8) is 0 Å². The molecule has 1 heterocycles. The number of allylic oxidation sites excluding steroid dienone is 4. The third kappa shape index (κ3) is 6.94. The van der Waals surface area contributed by atoms with Gasteiger partial charge in [0.15, 0.2) is 0 Å². The highest BCUT2D eigenvalue weighted by Crippen LogP contribution is 2.25. The van der Waals surface area contributed by atoms with Crippen LogP contribution in [0.25, 0.3) is 24.3 Å². The van der Waals surface area contributed by atoms with Crippen LogP contribution in [-0.2, 0) is 7.05 Å². The Hall–Kier alpha value is -1.76. The summed E-state index contributed by atoms with van der Waals surface area (Å²) in [5.74, 6) is 0. The maximum Gasteiger partial charge on any atom is 0.0485 e. The van der Waals surface area contributed by atoms with Crippen molar-refractivity contribution < 1.29 is 0 Å². The Kier molecular flexibility index (Phi) is 13.8. The molecule has 0 atom stereocenters. The molecular formula is C24H41N. The van der Waals surface area contributed by atoms with Crippen molar-refractivity contribution in [2.45, 2.75) is 69.2 Å². The number of hydrogen-bond donors (Lipinski definition) is 0. The summed E-state index contributed by atoms with van der Waals surface area (Å²) in [5.41, 5.74) is 2.73. The summed E-state index contributed by atoms with van der Waals surface area (Å²) in [4.78, 5) is 0. The number of nitrogens with zero attached hydrogens (tertiary/aromatic N) is 1. The molecule has 1 aromatic rings. The Morgan fingerprint density at radius 1 is 0.880 bits per heavy atom. The first kappa shape index (κ1) is 25.5. The topological polar surface area (TPSA) is 4.93 Å². The lowest BCUT2D eigenvalue weighted by molar-refractivity contribution is 0.633. The van der Waals surface area contributed by atoms with Crippen molar-refractivity contribution >= 4 is 24.3 Å². The second kappa shape index (κ2) is 13.5. The van der Waals surface area contributed by atoms with Crippen molar-refractivity contribution in [2.24, 2.45) is 12.5 Å². The van der Waals surface area contributed by atoms with Crippen LogP contribution in [0.5, 0.6) is 0 Å². The molecule has 0 saturated heterocycles. The zero-order chi connectivity index (χ0) is 20.0. The fourth-order valence-corrected chi connectivity index (χ4v) is 2.48. The molecule has 2 rings (SSSR count). The number of aromatic nitrogens is 1. The van der Waals surface area contributed by atoms with Gasteiger partial charge in [0.1, 0.15) is 0 Å². The van der Waals surface area contributed by atoms with Gasteiger partial charge in [-0.05, 0) is 26.0 Å². The van der Waals surface area contributed by atoms with E-state index in [9.17, 15) is 0 Å². The molecule has 0 radical (unpaired) electrons. The normalized spacial score (nSPS) is 15.3. The predicted octanol–water partition coefficient (Wildman–Crippen LogP) is 6.33. The lowest BCUT2D eigenvalue weighted by Crippen LogP contribution is -2.28. The van der Waals surface area contributed by atoms with Gasteiger partial charge in [0, 0.05) is 34.3 Å². The van der Waals surface area contributed by atoms with Gasteiger partial charge in [0.05, 0.1) is 0 Å². The van der Waals surface area contributed by atoms with Crippen molar-refractivity contribution in [1.29, 1.82) is 0 Å². The van der Waals surface area contributed by atoms with Crippen molar-refractivity contribution in [2.75, 3.05) is 0 Å². The molecule has 25 heavy (non-hydrogen) atoms. The van der Waals surface area contributed by atoms with E-state index in [0.29, 0.717) is 0 Å². The van der Waals surface area contributed by atoms with Gasteiger partial charge in [-0.1, -0.05) is 91.8 Å². The Morgan fingerprint density at radius 2 is 1.40 bits per heavy atom. The lowest BCUT2D eigenvalue weighted by atomic mass is 9.93. The van der Waals surface area contributed by atoms with Crippen LogP contribution in [0.3, 0.4) is 0 Å². The number of fused-ring (bicyclic) bond motifs is 1. The maximum atomic E-state index is 2.28. The van der Waals surface area contributed by atoms with Crippen LogP contribution in [0, 0.1) is 5.41 Å². The summed E-state index contributed by atoms with van der Waals surface area (Å²) in [5, 5.41) is 2.58. The summed E-state index contributed by atoms with van der Waals surface area (Å²) in [6.45, 7) is 20.6. The molecule has 0 aliphatic heterocycles. The first-order valence-electron chi connectivity index (χ1n) is 9.86. The predicted molar refractivity (Wildman–Crippen MR) is 120 cm³/mol. The van der Waals surface area contributed by atoms with Crippen LogP contribution in [0.2, 0.25) is 0 Å². The Balaban J connectivity index is 0. The van der Waals surface area contributed by atoms with Gasteiger partial charge in [-0.3, -0.25) is 0 Å². The van der Waals surface area contributed by atoms with Gasteiger partial charge in [0.2, 0.25) is 0 Å². The molecule has 0 spiro atoms. The zero-order valence-corrected chi connectivity index (χ0v) is 18.6. The molecule has 142 valence electrons. The third-order valence-electron chi connectivity index (χ3n) is 3.65. The Morgan fingerprint density at radius 3 is 1.88 bits per heavy atom. The van der Waals surface area contributed by atoms with Gasteiger partial charge in [0.25, 0.3) is 0 Å². The molecule has 1 aliphatic rings. The molecule has 1 aliphatic carbocycles. The first-order valence-corrected chi connectivity index (χ1v) is 9.86. The fourth-order valence-electron chi connectivity index (χ4n) is 2.48. The van der Waals surface area contributed by atoms with E-state index in [1.54, 1.807) is 0 Å². The number of hydrogen-bond acceptors (Lipinski definition) is 0. The number of rotatable bonds is 1. The van der Waals surface area contributed by atoms with E-state index in [-0.39, 0.29) is 5.41 Å². The smallest absolute Gasteiger partial charge is 0.0485 e. The monoisotopic (exact) mass is 343 g/mol. The van der Waals surface area contributed by atoms with Gasteiger partial charge in [-0.25, -0.2) is 0 Å². The fraction of sp³-hybridized carbons (Fsp3) is 0.500. The van der Waals surface area contributed by atoms with Gasteiger partial charge < -0.3 is 4.57 Å². The average Bonchev–Trinajstić information content (AvgIpc) is 2.80. The van der Waals surface area contributed by atoms with Gasteiger partial charge >= 0.3 is 0 Å². The van der Waals surface area contributed by atoms with Crippen LogP contribution in [-0.4, -0.2) is 4.57 Å². The van der Waals surface area contributed by atoms with Crippen LogP contribution < -0.4 is 10.6 Å². The van der Waals surface area contributed by atoms with Crippen molar-refractivity contribution in [1.82, 2.24) is 4.57 Å². The second-order valence-electron chi connectivity index (χ2n) is 5.63. The molecule has 1 heteroatoms. The molecule has 0 N–H and O–H groups in total. The van der Waals surface area contributed by atoms with Crippen molar-refractivity contribution in [3.05, 3.63) is 46.1 Å². The molecular weight excluding hydrogens is 302 g/mol. The minimum atomic E-state index is 0.122. The van der Waals surface area contributed by atoms with E-state index in [4.69, 9.17) is 0 Å².